The molecular formula is C17H17BrO2. The lowest BCUT2D eigenvalue weighted by atomic mass is 10.1. The zero-order valence-electron chi connectivity index (χ0n) is 11.4. The lowest BCUT2D eigenvalue weighted by Gasteiger charge is -2.13. The minimum Gasteiger partial charge on any atom is -0.459 e. The van der Waals surface area contributed by atoms with Crippen LogP contribution in [0.15, 0.2) is 59.1 Å². The van der Waals surface area contributed by atoms with Crippen LogP contribution in [0.1, 0.15) is 29.3 Å². The third-order valence-corrected chi connectivity index (χ3v) is 3.60. The molecule has 0 fully saturated rings. The molecule has 1 atom stereocenters. The van der Waals surface area contributed by atoms with Gasteiger partial charge in [-0.1, -0.05) is 46.3 Å². The molecule has 0 N–H and O–H groups in total. The molecule has 0 saturated carbocycles. The van der Waals surface area contributed by atoms with Crippen LogP contribution < -0.4 is 0 Å². The molecule has 0 saturated heterocycles. The second kappa shape index (κ2) is 7.25. The summed E-state index contributed by atoms with van der Waals surface area (Å²) in [5.41, 5.74) is 1.85. The maximum atomic E-state index is 11.9. The maximum Gasteiger partial charge on any atom is 0.338 e. The number of hydrogen-bond donors (Lipinski definition) is 0. The van der Waals surface area contributed by atoms with Crippen LogP contribution >= 0.6 is 15.9 Å². The van der Waals surface area contributed by atoms with E-state index in [1.54, 1.807) is 12.1 Å². The molecule has 0 aliphatic rings. The summed E-state index contributed by atoms with van der Waals surface area (Å²) in [6, 6.07) is 17.4. The number of benzene rings is 2. The number of rotatable bonds is 5. The van der Waals surface area contributed by atoms with Crippen LogP contribution in [0.25, 0.3) is 0 Å². The number of carbonyl (C=O) groups excluding carboxylic acids is 1. The first-order chi connectivity index (χ1) is 9.65. The number of carbonyl (C=O) groups is 1. The molecule has 20 heavy (non-hydrogen) atoms. The van der Waals surface area contributed by atoms with E-state index in [4.69, 9.17) is 4.74 Å². The summed E-state index contributed by atoms with van der Waals surface area (Å²) >= 11 is 3.34. The highest BCUT2D eigenvalue weighted by atomic mass is 79.9. The van der Waals surface area contributed by atoms with Crippen molar-refractivity contribution < 1.29 is 9.53 Å². The van der Waals surface area contributed by atoms with Crippen molar-refractivity contribution in [2.75, 3.05) is 0 Å². The predicted octanol–water partition coefficient (Wildman–Crippen LogP) is 4.63. The summed E-state index contributed by atoms with van der Waals surface area (Å²) in [6.45, 7) is 1.93. The Morgan fingerprint density at radius 3 is 2.40 bits per heavy atom. The molecule has 0 heterocycles. The Morgan fingerprint density at radius 1 is 1.10 bits per heavy atom. The summed E-state index contributed by atoms with van der Waals surface area (Å²) in [6.07, 6.45) is 1.65. The standard InChI is InChI=1S/C17H17BrO2/c1-13(7-8-14-5-3-2-4-6-14)20-17(19)15-9-11-16(18)12-10-15/h2-6,9-13H,7-8H2,1H3/t13-/m1/s1. The van der Waals surface area contributed by atoms with Crippen LogP contribution in [0.4, 0.5) is 0 Å². The van der Waals surface area contributed by atoms with Gasteiger partial charge in [-0.15, -0.1) is 0 Å². The largest absolute Gasteiger partial charge is 0.459 e. The molecule has 0 aliphatic carbocycles. The van der Waals surface area contributed by atoms with Gasteiger partial charge in [0.2, 0.25) is 0 Å². The Bertz CT molecular complexity index is 549. The Labute approximate surface area is 127 Å². The topological polar surface area (TPSA) is 26.3 Å². The Hall–Kier alpha value is -1.61. The van der Waals surface area contributed by atoms with Crippen molar-refractivity contribution in [3.8, 4) is 0 Å². The number of ether oxygens (including phenoxy) is 1. The predicted molar refractivity (Wildman–Crippen MR) is 83.8 cm³/mol. The van der Waals surface area contributed by atoms with Crippen LogP contribution in [-0.4, -0.2) is 12.1 Å². The van der Waals surface area contributed by atoms with E-state index in [-0.39, 0.29) is 12.1 Å². The molecule has 0 aromatic heterocycles. The van der Waals surface area contributed by atoms with E-state index in [2.05, 4.69) is 28.1 Å². The first kappa shape index (κ1) is 14.8. The third kappa shape index (κ3) is 4.49. The van der Waals surface area contributed by atoms with Crippen LogP contribution in [0.5, 0.6) is 0 Å². The van der Waals surface area contributed by atoms with E-state index in [1.807, 2.05) is 37.3 Å². The molecule has 3 heteroatoms. The number of hydrogen-bond acceptors (Lipinski definition) is 2. The van der Waals surface area contributed by atoms with Crippen LogP contribution in [0, 0.1) is 0 Å². The minimum atomic E-state index is -0.266. The minimum absolute atomic E-state index is 0.0913. The average Bonchev–Trinajstić information content (AvgIpc) is 2.47. The Morgan fingerprint density at radius 2 is 1.75 bits per heavy atom. The average molecular weight is 333 g/mol. The van der Waals surface area contributed by atoms with Crippen molar-refractivity contribution in [2.24, 2.45) is 0 Å². The number of aryl methyl sites for hydroxylation is 1. The fourth-order valence-corrected chi connectivity index (χ4v) is 2.17. The molecule has 2 nitrogen and oxygen atoms in total. The summed E-state index contributed by atoms with van der Waals surface area (Å²) < 4.78 is 6.39. The highest BCUT2D eigenvalue weighted by Gasteiger charge is 2.11. The van der Waals surface area contributed by atoms with Crippen LogP contribution in [0.2, 0.25) is 0 Å². The van der Waals surface area contributed by atoms with E-state index in [9.17, 15) is 4.79 Å². The zero-order chi connectivity index (χ0) is 14.4. The van der Waals surface area contributed by atoms with Gasteiger partial charge >= 0.3 is 5.97 Å². The van der Waals surface area contributed by atoms with Gasteiger partial charge in [0.25, 0.3) is 0 Å². The molecule has 0 bridgehead atoms. The molecular weight excluding hydrogens is 316 g/mol. The van der Waals surface area contributed by atoms with Gasteiger partial charge in [-0.25, -0.2) is 4.79 Å². The first-order valence-electron chi connectivity index (χ1n) is 6.65. The summed E-state index contributed by atoms with van der Waals surface area (Å²) in [4.78, 5) is 11.9. The van der Waals surface area contributed by atoms with Gasteiger partial charge in [0.15, 0.2) is 0 Å². The summed E-state index contributed by atoms with van der Waals surface area (Å²) in [5.74, 6) is -0.266. The second-order valence-corrected chi connectivity index (χ2v) is 5.66. The van der Waals surface area contributed by atoms with Crippen molar-refractivity contribution in [3.63, 3.8) is 0 Å². The van der Waals surface area contributed by atoms with Crippen molar-refractivity contribution in [1.29, 1.82) is 0 Å². The SMILES string of the molecule is C[C@H](CCc1ccccc1)OC(=O)c1ccc(Br)cc1. The van der Waals surface area contributed by atoms with Gasteiger partial charge in [0.1, 0.15) is 0 Å². The monoisotopic (exact) mass is 332 g/mol. The number of esters is 1. The van der Waals surface area contributed by atoms with E-state index in [0.29, 0.717) is 5.56 Å². The van der Waals surface area contributed by atoms with E-state index in [0.717, 1.165) is 17.3 Å². The Balaban J connectivity index is 1.83. The molecule has 0 spiro atoms. The number of halogens is 1. The highest BCUT2D eigenvalue weighted by molar-refractivity contribution is 9.10. The third-order valence-electron chi connectivity index (χ3n) is 3.07. The van der Waals surface area contributed by atoms with Crippen molar-refractivity contribution in [2.45, 2.75) is 25.9 Å². The van der Waals surface area contributed by atoms with E-state index in [1.165, 1.54) is 5.56 Å². The molecule has 2 aromatic carbocycles. The van der Waals surface area contributed by atoms with Gasteiger partial charge in [0, 0.05) is 4.47 Å². The van der Waals surface area contributed by atoms with E-state index < -0.39 is 0 Å². The zero-order valence-corrected chi connectivity index (χ0v) is 13.0. The van der Waals surface area contributed by atoms with Gasteiger partial charge < -0.3 is 4.74 Å². The lowest BCUT2D eigenvalue weighted by molar-refractivity contribution is 0.0325. The van der Waals surface area contributed by atoms with E-state index >= 15 is 0 Å². The van der Waals surface area contributed by atoms with Gasteiger partial charge in [-0.05, 0) is 49.6 Å². The molecule has 2 aromatic rings. The fraction of sp³-hybridized carbons (Fsp3) is 0.235. The quantitative estimate of drug-likeness (QED) is 0.746. The Kier molecular flexibility index (Phi) is 5.36. The molecule has 0 aliphatic heterocycles. The fourth-order valence-electron chi connectivity index (χ4n) is 1.91. The van der Waals surface area contributed by atoms with Crippen molar-refractivity contribution in [3.05, 3.63) is 70.2 Å². The smallest absolute Gasteiger partial charge is 0.338 e. The molecule has 0 amide bonds. The molecule has 104 valence electrons. The normalized spacial score (nSPS) is 11.9. The summed E-state index contributed by atoms with van der Waals surface area (Å²) in [7, 11) is 0. The van der Waals surface area contributed by atoms with Crippen molar-refractivity contribution in [1.82, 2.24) is 0 Å². The first-order valence-corrected chi connectivity index (χ1v) is 7.45. The van der Waals surface area contributed by atoms with Gasteiger partial charge in [-0.3, -0.25) is 0 Å². The lowest BCUT2D eigenvalue weighted by Crippen LogP contribution is -2.15. The molecule has 0 radical (unpaired) electrons. The van der Waals surface area contributed by atoms with Gasteiger partial charge in [-0.2, -0.15) is 0 Å². The van der Waals surface area contributed by atoms with Gasteiger partial charge in [0.05, 0.1) is 11.7 Å². The summed E-state index contributed by atoms with van der Waals surface area (Å²) in [5, 5.41) is 0. The van der Waals surface area contributed by atoms with Crippen molar-refractivity contribution >= 4 is 21.9 Å². The maximum absolute atomic E-state index is 11.9. The highest BCUT2D eigenvalue weighted by Crippen LogP contribution is 2.13. The molecule has 0 unspecified atom stereocenters. The second-order valence-electron chi connectivity index (χ2n) is 4.75. The van der Waals surface area contributed by atoms with Crippen LogP contribution in [0.3, 0.4) is 0 Å². The molecule has 2 rings (SSSR count). The van der Waals surface area contributed by atoms with Crippen LogP contribution in [-0.2, 0) is 11.2 Å².